The molecule has 0 aliphatic heterocycles. The number of amides is 2. The number of esters is 1. The molecule has 0 bridgehead atoms. The molecular weight excluding hydrogens is 587 g/mol. The Morgan fingerprint density at radius 2 is 1.95 bits per heavy atom. The van der Waals surface area contributed by atoms with Gasteiger partial charge in [-0.1, -0.05) is 30.3 Å². The molecule has 43 heavy (non-hydrogen) atoms. The van der Waals surface area contributed by atoms with Crippen LogP contribution in [0.4, 0.5) is 5.00 Å². The highest BCUT2D eigenvalue weighted by Crippen LogP contribution is 2.38. The Kier molecular flexibility index (Phi) is 9.66. The number of thiophene rings is 1. The Hall–Kier alpha value is -3.90. The van der Waals surface area contributed by atoms with Crippen molar-refractivity contribution in [2.75, 3.05) is 11.9 Å². The van der Waals surface area contributed by atoms with Crippen LogP contribution in [0.15, 0.2) is 46.2 Å². The van der Waals surface area contributed by atoms with Crippen LogP contribution >= 0.6 is 23.1 Å². The molecule has 2 N–H and O–H groups in total. The average Bonchev–Trinajstić information content (AvgIpc) is 3.69. The van der Waals surface area contributed by atoms with Crippen LogP contribution in [0, 0.1) is 13.8 Å². The second-order valence-electron chi connectivity index (χ2n) is 10.4. The van der Waals surface area contributed by atoms with Crippen molar-refractivity contribution in [1.29, 1.82) is 0 Å². The van der Waals surface area contributed by atoms with E-state index >= 15 is 0 Å². The maximum Gasteiger partial charge on any atom is 0.341 e. The number of benzene rings is 1. The third-order valence-corrected chi connectivity index (χ3v) is 9.50. The summed E-state index contributed by atoms with van der Waals surface area (Å²) in [6.45, 7) is 7.93. The zero-order chi connectivity index (χ0) is 30.5. The van der Waals surface area contributed by atoms with E-state index in [2.05, 4.69) is 20.8 Å². The van der Waals surface area contributed by atoms with Crippen LogP contribution in [0.2, 0.25) is 0 Å². The van der Waals surface area contributed by atoms with Gasteiger partial charge in [0.1, 0.15) is 5.00 Å². The number of furan rings is 1. The fraction of sp³-hybridized carbons (Fsp3) is 0.387. The lowest BCUT2D eigenvalue weighted by Crippen LogP contribution is -2.25. The predicted molar refractivity (Wildman–Crippen MR) is 166 cm³/mol. The van der Waals surface area contributed by atoms with E-state index < -0.39 is 11.2 Å². The highest BCUT2D eigenvalue weighted by atomic mass is 32.2. The second kappa shape index (κ2) is 13.6. The molecule has 2 amide bonds. The molecule has 3 heterocycles. The zero-order valence-electron chi connectivity index (χ0n) is 24.7. The van der Waals surface area contributed by atoms with Gasteiger partial charge in [0.2, 0.25) is 5.91 Å². The van der Waals surface area contributed by atoms with Gasteiger partial charge in [-0.2, -0.15) is 0 Å². The SMILES string of the molecule is CCOC(=O)c1c(NC(=O)C(C)Sc2nnc(CNC(=O)c3ccco3)n2-c2cc(C)ccc2C)sc2c1CCCCC2. The largest absolute Gasteiger partial charge is 0.462 e. The molecular formula is C31H35N5O5S2. The highest BCUT2D eigenvalue weighted by molar-refractivity contribution is 8.00. The topological polar surface area (TPSA) is 128 Å². The van der Waals surface area contributed by atoms with E-state index in [9.17, 15) is 14.4 Å². The number of fused-ring (bicyclic) bond motifs is 1. The summed E-state index contributed by atoms with van der Waals surface area (Å²) in [7, 11) is 0. The number of ether oxygens (including phenoxy) is 1. The van der Waals surface area contributed by atoms with Gasteiger partial charge in [-0.25, -0.2) is 4.79 Å². The summed E-state index contributed by atoms with van der Waals surface area (Å²) in [5, 5.41) is 15.1. The Labute approximate surface area is 258 Å². The molecule has 12 heteroatoms. The van der Waals surface area contributed by atoms with Crippen molar-refractivity contribution in [2.45, 2.75) is 76.8 Å². The smallest absolute Gasteiger partial charge is 0.341 e. The van der Waals surface area contributed by atoms with Crippen LogP contribution in [0.1, 0.15) is 81.4 Å². The number of anilines is 1. The minimum absolute atomic E-state index is 0.102. The molecule has 0 spiro atoms. The Morgan fingerprint density at radius 1 is 1.14 bits per heavy atom. The molecule has 0 fully saturated rings. The van der Waals surface area contributed by atoms with Crippen LogP contribution < -0.4 is 10.6 Å². The number of carbonyl (C=O) groups is 3. The molecule has 226 valence electrons. The third kappa shape index (κ3) is 6.86. The fourth-order valence-corrected chi connectivity index (χ4v) is 7.18. The van der Waals surface area contributed by atoms with Gasteiger partial charge in [0, 0.05) is 4.88 Å². The van der Waals surface area contributed by atoms with Crippen LogP contribution in [0.3, 0.4) is 0 Å². The maximum atomic E-state index is 13.6. The molecule has 1 unspecified atom stereocenters. The number of thioether (sulfide) groups is 1. The number of nitrogens with zero attached hydrogens (tertiary/aromatic N) is 3. The minimum atomic E-state index is -0.574. The molecule has 1 aliphatic rings. The molecule has 1 aromatic carbocycles. The van der Waals surface area contributed by atoms with Gasteiger partial charge in [-0.05, 0) is 88.3 Å². The van der Waals surface area contributed by atoms with Crippen molar-refractivity contribution in [1.82, 2.24) is 20.1 Å². The Bertz CT molecular complexity index is 1630. The first-order valence-electron chi connectivity index (χ1n) is 14.4. The Balaban J connectivity index is 1.40. The molecule has 0 radical (unpaired) electrons. The number of rotatable bonds is 10. The number of aryl methyl sites for hydroxylation is 3. The first-order valence-corrected chi connectivity index (χ1v) is 16.1. The van der Waals surface area contributed by atoms with Crippen LogP contribution in [-0.4, -0.2) is 44.4 Å². The monoisotopic (exact) mass is 621 g/mol. The van der Waals surface area contributed by atoms with Crippen molar-refractivity contribution in [3.63, 3.8) is 0 Å². The number of hydrogen-bond acceptors (Lipinski definition) is 9. The minimum Gasteiger partial charge on any atom is -0.462 e. The summed E-state index contributed by atoms with van der Waals surface area (Å²) >= 11 is 2.73. The van der Waals surface area contributed by atoms with Gasteiger partial charge in [0.05, 0.1) is 35.9 Å². The predicted octanol–water partition coefficient (Wildman–Crippen LogP) is 6.03. The van der Waals surface area contributed by atoms with Gasteiger partial charge in [-0.3, -0.25) is 14.2 Å². The van der Waals surface area contributed by atoms with Gasteiger partial charge in [0.15, 0.2) is 16.7 Å². The fourth-order valence-electron chi connectivity index (χ4n) is 5.02. The normalized spacial score (nSPS) is 13.6. The Morgan fingerprint density at radius 3 is 2.72 bits per heavy atom. The van der Waals surface area contributed by atoms with Crippen LogP contribution in [0.5, 0.6) is 0 Å². The van der Waals surface area contributed by atoms with Gasteiger partial charge in [-0.15, -0.1) is 21.5 Å². The van der Waals surface area contributed by atoms with E-state index in [4.69, 9.17) is 9.15 Å². The summed E-state index contributed by atoms with van der Waals surface area (Å²) in [4.78, 5) is 40.2. The first kappa shape index (κ1) is 30.6. The molecule has 1 atom stereocenters. The quantitative estimate of drug-likeness (QED) is 0.125. The lowest BCUT2D eigenvalue weighted by Gasteiger charge is -2.16. The lowest BCUT2D eigenvalue weighted by atomic mass is 10.1. The van der Waals surface area contributed by atoms with Gasteiger partial charge in [0.25, 0.3) is 5.91 Å². The number of carbonyl (C=O) groups excluding carboxylic acids is 3. The molecule has 1 aliphatic carbocycles. The van der Waals surface area contributed by atoms with Crippen LogP contribution in [-0.2, 0) is 28.9 Å². The summed E-state index contributed by atoms with van der Waals surface area (Å²) in [5.74, 6) is -0.307. The van der Waals surface area contributed by atoms with Crippen molar-refractivity contribution in [3.8, 4) is 5.69 Å². The second-order valence-corrected chi connectivity index (χ2v) is 12.8. The lowest BCUT2D eigenvalue weighted by molar-refractivity contribution is -0.115. The highest BCUT2D eigenvalue weighted by Gasteiger charge is 2.29. The van der Waals surface area contributed by atoms with E-state index in [1.807, 2.05) is 36.6 Å². The third-order valence-electron chi connectivity index (χ3n) is 7.25. The number of nitrogens with one attached hydrogen (secondary N) is 2. The number of hydrogen-bond donors (Lipinski definition) is 2. The van der Waals surface area contributed by atoms with Gasteiger partial charge < -0.3 is 19.8 Å². The molecule has 0 saturated carbocycles. The maximum absolute atomic E-state index is 13.6. The molecule has 0 saturated heterocycles. The molecule has 5 rings (SSSR count). The van der Waals surface area contributed by atoms with Crippen molar-refractivity contribution < 1.29 is 23.5 Å². The van der Waals surface area contributed by atoms with Crippen molar-refractivity contribution in [2.24, 2.45) is 0 Å². The number of aromatic nitrogens is 3. The van der Waals surface area contributed by atoms with E-state index in [-0.39, 0.29) is 30.7 Å². The zero-order valence-corrected chi connectivity index (χ0v) is 26.3. The van der Waals surface area contributed by atoms with E-state index in [0.29, 0.717) is 21.5 Å². The van der Waals surface area contributed by atoms with Crippen LogP contribution in [0.25, 0.3) is 5.69 Å². The standard InChI is InChI=1S/C31H35N5O5S2/c1-5-40-30(39)26-21-10-7-6-8-12-24(21)43-29(26)33-27(37)20(4)42-31-35-34-25(17-32-28(38)23-11-9-15-41-23)36(31)22-16-18(2)13-14-19(22)3/h9,11,13-16,20H,5-8,10,12,17H2,1-4H3,(H,32,38)(H,33,37). The van der Waals surface area contributed by atoms with E-state index in [1.165, 1.54) is 29.4 Å². The molecule has 10 nitrogen and oxygen atoms in total. The summed E-state index contributed by atoms with van der Waals surface area (Å²) in [6, 6.07) is 9.30. The van der Waals surface area contributed by atoms with E-state index in [0.717, 1.165) is 59.4 Å². The summed E-state index contributed by atoms with van der Waals surface area (Å²) < 4.78 is 12.5. The van der Waals surface area contributed by atoms with Crippen molar-refractivity contribution in [3.05, 3.63) is 75.3 Å². The molecule has 4 aromatic rings. The van der Waals surface area contributed by atoms with E-state index in [1.54, 1.807) is 26.0 Å². The first-order chi connectivity index (χ1) is 20.8. The van der Waals surface area contributed by atoms with Gasteiger partial charge >= 0.3 is 5.97 Å². The summed E-state index contributed by atoms with van der Waals surface area (Å²) in [6.07, 6.45) is 6.33. The van der Waals surface area contributed by atoms with Crippen molar-refractivity contribution >= 4 is 45.9 Å². The average molecular weight is 622 g/mol. The molecule has 3 aromatic heterocycles. The summed E-state index contributed by atoms with van der Waals surface area (Å²) in [5.41, 5.74) is 4.39.